The highest BCUT2D eigenvalue weighted by atomic mass is 16.6. The van der Waals surface area contributed by atoms with Crippen LogP contribution in [0.2, 0.25) is 0 Å². The van der Waals surface area contributed by atoms with Crippen molar-refractivity contribution in [3.05, 3.63) is 0 Å². The van der Waals surface area contributed by atoms with Gasteiger partial charge in [0.2, 0.25) is 0 Å². The molecule has 1 fully saturated rings. The highest BCUT2D eigenvalue weighted by molar-refractivity contribution is 6.36. The summed E-state index contributed by atoms with van der Waals surface area (Å²) in [5.74, 6) is -0.874. The van der Waals surface area contributed by atoms with Gasteiger partial charge in [-0.1, -0.05) is 11.6 Å². The number of aliphatic carboxylic acids is 1. The second kappa shape index (κ2) is 2.77. The highest BCUT2D eigenvalue weighted by Crippen LogP contribution is 2.32. The molecular weight excluding hydrogens is 158 g/mol. The van der Waals surface area contributed by atoms with Crippen molar-refractivity contribution in [1.29, 1.82) is 0 Å². The van der Waals surface area contributed by atoms with Gasteiger partial charge in [-0.15, -0.1) is 0 Å². The summed E-state index contributed by atoms with van der Waals surface area (Å²) < 4.78 is 0. The van der Waals surface area contributed by atoms with E-state index in [0.717, 1.165) is 25.7 Å². The second-order valence-electron chi connectivity index (χ2n) is 3.32. The molecule has 4 heteroatoms. The molecular formula is C8H11NO3. The molecule has 1 N–H and O–H groups in total. The Labute approximate surface area is 70.2 Å². The van der Waals surface area contributed by atoms with Crippen molar-refractivity contribution in [3.8, 4) is 0 Å². The fraction of sp³-hybridized carbons (Fsp3) is 0.750. The van der Waals surface area contributed by atoms with Gasteiger partial charge >= 0.3 is 5.97 Å². The Morgan fingerprint density at radius 2 is 2.25 bits per heavy atom. The molecule has 12 heavy (non-hydrogen) atoms. The van der Waals surface area contributed by atoms with Crippen LogP contribution in [0.1, 0.15) is 25.7 Å². The number of fused-ring (bicyclic) bond motifs is 1. The van der Waals surface area contributed by atoms with E-state index in [4.69, 9.17) is 9.94 Å². The Hall–Kier alpha value is -1.06. The number of rotatable bonds is 1. The van der Waals surface area contributed by atoms with E-state index in [-0.39, 0.29) is 17.7 Å². The van der Waals surface area contributed by atoms with Crippen molar-refractivity contribution in [1.82, 2.24) is 0 Å². The van der Waals surface area contributed by atoms with Crippen molar-refractivity contribution < 1.29 is 14.7 Å². The number of nitrogens with zero attached hydrogens (tertiary/aromatic N) is 1. The van der Waals surface area contributed by atoms with E-state index in [9.17, 15) is 4.79 Å². The van der Waals surface area contributed by atoms with Gasteiger partial charge in [0.05, 0.1) is 5.92 Å². The van der Waals surface area contributed by atoms with E-state index in [1.807, 2.05) is 0 Å². The van der Waals surface area contributed by atoms with Crippen molar-refractivity contribution in [2.45, 2.75) is 31.8 Å². The van der Waals surface area contributed by atoms with Gasteiger partial charge in [-0.2, -0.15) is 0 Å². The molecule has 0 aromatic heterocycles. The van der Waals surface area contributed by atoms with Gasteiger partial charge in [-0.3, -0.25) is 0 Å². The summed E-state index contributed by atoms with van der Waals surface area (Å²) in [6, 6.07) is 0. The predicted molar refractivity (Wildman–Crippen MR) is 41.9 cm³/mol. The van der Waals surface area contributed by atoms with Crippen LogP contribution in [0.5, 0.6) is 0 Å². The Bertz CT molecular complexity index is 236. The van der Waals surface area contributed by atoms with Crippen LogP contribution in [0.25, 0.3) is 0 Å². The van der Waals surface area contributed by atoms with Gasteiger partial charge in [-0.25, -0.2) is 4.79 Å². The number of hydrogen-bond donors (Lipinski definition) is 1. The normalized spacial score (nSPS) is 33.5. The first-order valence-electron chi connectivity index (χ1n) is 4.26. The maximum Gasteiger partial charge on any atom is 0.354 e. The minimum absolute atomic E-state index is 0.0462. The lowest BCUT2D eigenvalue weighted by molar-refractivity contribution is -0.129. The molecule has 1 saturated carbocycles. The standard InChI is InChI=1S/C8H11NO3/c10-8(11)7-5-3-1-2-4-6(5)12-9-7/h5-6H,1-4H2,(H,10,11)/t5-,6+/m1/s1. The molecule has 0 bridgehead atoms. The van der Waals surface area contributed by atoms with Crippen LogP contribution in [0, 0.1) is 5.92 Å². The lowest BCUT2D eigenvalue weighted by Gasteiger charge is -2.22. The molecule has 1 aliphatic carbocycles. The first-order chi connectivity index (χ1) is 5.79. The van der Waals surface area contributed by atoms with Gasteiger partial charge in [0.15, 0.2) is 5.71 Å². The average Bonchev–Trinajstić information content (AvgIpc) is 2.47. The minimum Gasteiger partial charge on any atom is -0.477 e. The summed E-state index contributed by atoms with van der Waals surface area (Å²) in [6.07, 6.45) is 4.13. The molecule has 4 nitrogen and oxygen atoms in total. The van der Waals surface area contributed by atoms with Crippen molar-refractivity contribution >= 4 is 11.7 Å². The summed E-state index contributed by atoms with van der Waals surface area (Å²) in [4.78, 5) is 15.7. The van der Waals surface area contributed by atoms with E-state index in [0.29, 0.717) is 0 Å². The molecule has 0 amide bonds. The molecule has 0 spiro atoms. The SMILES string of the molecule is O=C(O)C1=NO[C@H]2CCCC[C@@H]12. The molecule has 0 aromatic rings. The van der Waals surface area contributed by atoms with Crippen LogP contribution < -0.4 is 0 Å². The third kappa shape index (κ3) is 1.07. The summed E-state index contributed by atoms with van der Waals surface area (Å²) in [7, 11) is 0. The van der Waals surface area contributed by atoms with E-state index in [2.05, 4.69) is 5.16 Å². The maximum absolute atomic E-state index is 10.6. The molecule has 2 rings (SSSR count). The predicted octanol–water partition coefficient (Wildman–Crippen LogP) is 1.02. The summed E-state index contributed by atoms with van der Waals surface area (Å²) in [5, 5.41) is 12.3. The quantitative estimate of drug-likeness (QED) is 0.637. The number of carboxylic acid groups (broad SMARTS) is 1. The van der Waals surface area contributed by atoms with Gasteiger partial charge in [0, 0.05) is 0 Å². The summed E-state index contributed by atoms with van der Waals surface area (Å²) >= 11 is 0. The van der Waals surface area contributed by atoms with Gasteiger partial charge in [-0.05, 0) is 19.3 Å². The first-order valence-corrected chi connectivity index (χ1v) is 4.26. The molecule has 0 saturated heterocycles. The Morgan fingerprint density at radius 1 is 1.50 bits per heavy atom. The highest BCUT2D eigenvalue weighted by Gasteiger charge is 2.39. The zero-order valence-corrected chi connectivity index (χ0v) is 6.69. The van der Waals surface area contributed by atoms with E-state index in [1.165, 1.54) is 0 Å². The largest absolute Gasteiger partial charge is 0.477 e. The van der Waals surface area contributed by atoms with Crippen molar-refractivity contribution in [2.75, 3.05) is 0 Å². The van der Waals surface area contributed by atoms with E-state index in [1.54, 1.807) is 0 Å². The summed E-state index contributed by atoms with van der Waals surface area (Å²) in [5.41, 5.74) is 0.222. The Kier molecular flexibility index (Phi) is 1.75. The Balaban J connectivity index is 2.13. The fourth-order valence-electron chi connectivity index (χ4n) is 1.93. The van der Waals surface area contributed by atoms with Crippen LogP contribution >= 0.6 is 0 Å². The number of hydrogen-bond acceptors (Lipinski definition) is 3. The first kappa shape index (κ1) is 7.58. The lowest BCUT2D eigenvalue weighted by Crippen LogP contribution is -2.30. The van der Waals surface area contributed by atoms with Crippen molar-refractivity contribution in [2.24, 2.45) is 11.1 Å². The maximum atomic E-state index is 10.6. The zero-order chi connectivity index (χ0) is 8.55. The van der Waals surface area contributed by atoms with Gasteiger partial charge in [0.25, 0.3) is 0 Å². The van der Waals surface area contributed by atoms with E-state index >= 15 is 0 Å². The number of carbonyl (C=O) groups is 1. The summed E-state index contributed by atoms with van der Waals surface area (Å²) in [6.45, 7) is 0. The van der Waals surface area contributed by atoms with Crippen LogP contribution in [0.15, 0.2) is 5.16 Å². The van der Waals surface area contributed by atoms with Gasteiger partial charge in [0.1, 0.15) is 6.10 Å². The fourth-order valence-corrected chi connectivity index (χ4v) is 1.93. The third-order valence-electron chi connectivity index (χ3n) is 2.56. The third-order valence-corrected chi connectivity index (χ3v) is 2.56. The van der Waals surface area contributed by atoms with Crippen LogP contribution in [0.4, 0.5) is 0 Å². The second-order valence-corrected chi connectivity index (χ2v) is 3.32. The Morgan fingerprint density at radius 3 is 3.00 bits per heavy atom. The average molecular weight is 169 g/mol. The topological polar surface area (TPSA) is 58.9 Å². The lowest BCUT2D eigenvalue weighted by atomic mass is 9.84. The minimum atomic E-state index is -0.926. The molecule has 0 radical (unpaired) electrons. The zero-order valence-electron chi connectivity index (χ0n) is 6.69. The van der Waals surface area contributed by atoms with Crippen LogP contribution in [0.3, 0.4) is 0 Å². The molecule has 2 aliphatic rings. The van der Waals surface area contributed by atoms with Crippen LogP contribution in [-0.2, 0) is 9.63 Å². The number of carboxylic acids is 1. The molecule has 1 heterocycles. The molecule has 66 valence electrons. The van der Waals surface area contributed by atoms with Gasteiger partial charge < -0.3 is 9.94 Å². The number of oxime groups is 1. The molecule has 2 atom stereocenters. The molecule has 0 unspecified atom stereocenters. The van der Waals surface area contributed by atoms with Crippen molar-refractivity contribution in [3.63, 3.8) is 0 Å². The molecule has 0 aromatic carbocycles. The molecule has 1 aliphatic heterocycles. The van der Waals surface area contributed by atoms with Crippen LogP contribution in [-0.4, -0.2) is 22.9 Å². The monoisotopic (exact) mass is 169 g/mol. The van der Waals surface area contributed by atoms with E-state index < -0.39 is 5.97 Å². The smallest absolute Gasteiger partial charge is 0.354 e.